The van der Waals surface area contributed by atoms with Crippen molar-refractivity contribution in [2.45, 2.75) is 4.90 Å². The predicted molar refractivity (Wildman–Crippen MR) is 57.4 cm³/mol. The van der Waals surface area contributed by atoms with Gasteiger partial charge in [0.15, 0.2) is 0 Å². The van der Waals surface area contributed by atoms with E-state index < -0.39 is 11.4 Å². The standard InChI is InChI=1S/C10H4FN2O3S/c11-15-16-17-9-3-1-7(2-4-9)10(14)8(5-12)6-13/h1-4H/q-1. The molecule has 0 aliphatic carbocycles. The minimum Gasteiger partial charge on any atom is -0.762 e. The lowest BCUT2D eigenvalue weighted by Crippen LogP contribution is -2.01. The summed E-state index contributed by atoms with van der Waals surface area (Å²) in [6.45, 7) is 0. The molecule has 0 fully saturated rings. The normalized spacial score (nSPS) is 9.18. The maximum Gasteiger partial charge on any atom is 0.209 e. The second-order valence-corrected chi connectivity index (χ2v) is 3.44. The summed E-state index contributed by atoms with van der Waals surface area (Å²) in [6.07, 6.45) is 0. The van der Waals surface area contributed by atoms with E-state index in [0.717, 1.165) is 0 Å². The van der Waals surface area contributed by atoms with Crippen LogP contribution >= 0.6 is 12.0 Å². The molecule has 0 aliphatic rings. The Kier molecular flexibility index (Phi) is 5.07. The minimum atomic E-state index is -0.658. The Bertz CT molecular complexity index is 503. The smallest absolute Gasteiger partial charge is 0.209 e. The first-order valence-corrected chi connectivity index (χ1v) is 4.91. The summed E-state index contributed by atoms with van der Waals surface area (Å²) in [4.78, 5) is 12.0. The van der Waals surface area contributed by atoms with Gasteiger partial charge in [-0.15, -0.1) is 4.33 Å². The van der Waals surface area contributed by atoms with Gasteiger partial charge in [0.05, 0.1) is 12.0 Å². The van der Waals surface area contributed by atoms with Crippen LogP contribution in [0.2, 0.25) is 0 Å². The topological polar surface area (TPSA) is 81.6 Å². The average molecular weight is 251 g/mol. The first kappa shape index (κ1) is 13.1. The Morgan fingerprint density at radius 2 is 2.06 bits per heavy atom. The molecule has 1 rings (SSSR count). The summed E-state index contributed by atoms with van der Waals surface area (Å²) in [7, 11) is 0. The van der Waals surface area contributed by atoms with Crippen LogP contribution in [0.5, 0.6) is 0 Å². The number of hydrogen-bond acceptors (Lipinski definition) is 5. The van der Waals surface area contributed by atoms with Gasteiger partial charge in [0.25, 0.3) is 0 Å². The van der Waals surface area contributed by atoms with E-state index in [4.69, 9.17) is 10.7 Å². The molecule has 0 aromatic heterocycles. The van der Waals surface area contributed by atoms with Crippen molar-refractivity contribution >= 4 is 23.7 Å². The quantitative estimate of drug-likeness (QED) is 0.153. The molecule has 5 nitrogen and oxygen atoms in total. The van der Waals surface area contributed by atoms with Crippen LogP contribution in [0.3, 0.4) is 0 Å². The van der Waals surface area contributed by atoms with Gasteiger partial charge in [-0.2, -0.15) is 5.26 Å². The largest absolute Gasteiger partial charge is 0.762 e. The molecule has 0 saturated carbocycles. The summed E-state index contributed by atoms with van der Waals surface area (Å²) in [5.41, 5.74) is -0.303. The van der Waals surface area contributed by atoms with Crippen molar-refractivity contribution in [1.82, 2.24) is 0 Å². The predicted octanol–water partition coefficient (Wildman–Crippen LogP) is 2.40. The van der Waals surface area contributed by atoms with Crippen LogP contribution in [-0.2, 0) is 9.43 Å². The fourth-order valence-corrected chi connectivity index (χ4v) is 1.34. The Hall–Kier alpha value is -1.97. The van der Waals surface area contributed by atoms with Gasteiger partial charge in [-0.25, -0.2) is 5.87 Å². The highest BCUT2D eigenvalue weighted by atomic mass is 32.2. The third kappa shape index (κ3) is 3.52. The Balaban J connectivity index is 2.85. The van der Waals surface area contributed by atoms with Crippen molar-refractivity contribution in [3.05, 3.63) is 40.8 Å². The molecular formula is C10H4FN2O3S-. The number of hydrogen-bond donors (Lipinski definition) is 0. The first-order chi connectivity index (χ1) is 8.22. The number of rotatable bonds is 5. The zero-order chi connectivity index (χ0) is 12.7. The van der Waals surface area contributed by atoms with Gasteiger partial charge in [0, 0.05) is 10.5 Å². The molecule has 0 bridgehead atoms. The third-order valence-corrected chi connectivity index (χ3v) is 2.31. The molecule has 0 radical (unpaired) electrons. The van der Waals surface area contributed by atoms with Crippen LogP contribution in [0.15, 0.2) is 34.7 Å². The molecule has 1 aromatic carbocycles. The highest BCUT2D eigenvalue weighted by Crippen LogP contribution is 2.20. The van der Waals surface area contributed by atoms with E-state index in [1.54, 1.807) is 0 Å². The highest BCUT2D eigenvalue weighted by molar-refractivity contribution is 7.94. The molecular weight excluding hydrogens is 247 g/mol. The van der Waals surface area contributed by atoms with E-state index in [0.29, 0.717) is 16.9 Å². The number of benzene rings is 1. The number of nitriles is 1. The lowest BCUT2D eigenvalue weighted by atomic mass is 10.1. The Labute approximate surface area is 100.0 Å². The SMILES string of the molecule is N#CC(=C=[N-])C(=O)c1ccc(SOOF)cc1. The zero-order valence-electron chi connectivity index (χ0n) is 8.21. The van der Waals surface area contributed by atoms with Crippen LogP contribution in [-0.4, -0.2) is 11.7 Å². The van der Waals surface area contributed by atoms with Crippen molar-refractivity contribution in [2.24, 2.45) is 0 Å². The molecule has 0 atom stereocenters. The third-order valence-electron chi connectivity index (χ3n) is 1.72. The van der Waals surface area contributed by atoms with Gasteiger partial charge in [0.1, 0.15) is 11.6 Å². The molecule has 0 saturated heterocycles. The number of carbonyl (C=O) groups is 1. The van der Waals surface area contributed by atoms with Crippen molar-refractivity contribution in [2.75, 3.05) is 0 Å². The second-order valence-electron chi connectivity index (χ2n) is 2.67. The zero-order valence-corrected chi connectivity index (χ0v) is 9.03. The van der Waals surface area contributed by atoms with Crippen LogP contribution in [0, 0.1) is 11.3 Å². The molecule has 1 aromatic rings. The van der Waals surface area contributed by atoms with E-state index in [2.05, 4.69) is 9.43 Å². The monoisotopic (exact) mass is 251 g/mol. The van der Waals surface area contributed by atoms with E-state index in [1.807, 2.05) is 0 Å². The van der Waals surface area contributed by atoms with Gasteiger partial charge in [0.2, 0.25) is 5.78 Å². The van der Waals surface area contributed by atoms with E-state index in [9.17, 15) is 9.32 Å². The van der Waals surface area contributed by atoms with Gasteiger partial charge < -0.3 is 5.41 Å². The molecule has 0 spiro atoms. The number of halogens is 1. The van der Waals surface area contributed by atoms with Crippen molar-refractivity contribution in [3.8, 4) is 6.07 Å². The minimum absolute atomic E-state index is 0.189. The molecule has 0 unspecified atom stereocenters. The van der Waals surface area contributed by atoms with Crippen LogP contribution in [0.1, 0.15) is 10.4 Å². The fraction of sp³-hybridized carbons (Fsp3) is 0. The fourth-order valence-electron chi connectivity index (χ4n) is 0.985. The molecule has 86 valence electrons. The summed E-state index contributed by atoms with van der Waals surface area (Å²) in [5.74, 6) is 0.847. The first-order valence-electron chi connectivity index (χ1n) is 4.16. The maximum absolute atomic E-state index is 11.5. The summed E-state index contributed by atoms with van der Waals surface area (Å²) >= 11 is 0.615. The lowest BCUT2D eigenvalue weighted by molar-refractivity contribution is -0.358. The van der Waals surface area contributed by atoms with Crippen molar-refractivity contribution in [1.29, 1.82) is 5.26 Å². The van der Waals surface area contributed by atoms with Gasteiger partial charge in [-0.05, 0) is 33.9 Å². The van der Waals surface area contributed by atoms with E-state index >= 15 is 0 Å². The molecule has 0 N–H and O–H groups in total. The van der Waals surface area contributed by atoms with Crippen LogP contribution in [0.25, 0.3) is 5.41 Å². The number of nitrogens with zero attached hydrogens (tertiary/aromatic N) is 2. The van der Waals surface area contributed by atoms with Gasteiger partial charge in [-0.3, -0.25) is 4.79 Å². The second kappa shape index (κ2) is 6.58. The van der Waals surface area contributed by atoms with Crippen LogP contribution < -0.4 is 0 Å². The summed E-state index contributed by atoms with van der Waals surface area (Å²) in [5, 5.41) is 19.9. The number of ketones is 1. The molecule has 0 aliphatic heterocycles. The summed E-state index contributed by atoms with van der Waals surface area (Å²) in [6, 6.07) is 7.21. The number of allylic oxidation sites excluding steroid dienone is 1. The number of carbonyl (C=O) groups excluding carboxylic acids is 1. The van der Waals surface area contributed by atoms with Crippen molar-refractivity contribution in [3.63, 3.8) is 0 Å². The summed E-state index contributed by atoms with van der Waals surface area (Å²) < 4.78 is 15.2. The lowest BCUT2D eigenvalue weighted by Gasteiger charge is -2.00. The number of Topliss-reactive ketones (excluding diaryl/α,β-unsaturated/α-hetero) is 1. The average Bonchev–Trinajstić information content (AvgIpc) is 2.38. The van der Waals surface area contributed by atoms with Crippen molar-refractivity contribution < 1.29 is 18.7 Å². The maximum atomic E-state index is 11.5. The van der Waals surface area contributed by atoms with Crippen LogP contribution in [0.4, 0.5) is 4.53 Å². The molecule has 17 heavy (non-hydrogen) atoms. The van der Waals surface area contributed by atoms with Gasteiger partial charge >= 0.3 is 0 Å². The highest BCUT2D eigenvalue weighted by Gasteiger charge is 2.10. The molecule has 7 heteroatoms. The Morgan fingerprint density at radius 1 is 1.41 bits per heavy atom. The van der Waals surface area contributed by atoms with E-state index in [-0.39, 0.29) is 5.56 Å². The molecule has 0 amide bonds. The van der Waals surface area contributed by atoms with E-state index in [1.165, 1.54) is 36.2 Å². The Morgan fingerprint density at radius 3 is 2.53 bits per heavy atom. The van der Waals surface area contributed by atoms with Gasteiger partial charge in [-0.1, -0.05) is 0 Å². The molecule has 0 heterocycles.